The first kappa shape index (κ1) is 12.1. The Morgan fingerprint density at radius 3 is 3.00 bits per heavy atom. The second-order valence-electron chi connectivity index (χ2n) is 4.00. The first-order chi connectivity index (χ1) is 8.36. The number of hydrazine groups is 1. The Morgan fingerprint density at radius 1 is 1.41 bits per heavy atom. The van der Waals surface area contributed by atoms with Crippen molar-refractivity contribution in [3.8, 4) is 12.3 Å². The Hall–Kier alpha value is -1.34. The minimum atomic E-state index is 0.194. The van der Waals surface area contributed by atoms with E-state index in [-0.39, 0.29) is 6.04 Å². The van der Waals surface area contributed by atoms with Crippen LogP contribution in [0.2, 0.25) is 0 Å². The van der Waals surface area contributed by atoms with Gasteiger partial charge in [-0.2, -0.15) is 0 Å². The average molecular weight is 244 g/mol. The molecule has 0 radical (unpaired) electrons. The highest BCUT2D eigenvalue weighted by atomic mass is 32.1. The molecular formula is C14H16N2S. The molecule has 17 heavy (non-hydrogen) atoms. The van der Waals surface area contributed by atoms with E-state index in [1.807, 2.05) is 0 Å². The Kier molecular flexibility index (Phi) is 4.16. The van der Waals surface area contributed by atoms with Crippen LogP contribution < -0.4 is 11.3 Å². The van der Waals surface area contributed by atoms with Crippen LogP contribution in [0, 0.1) is 12.3 Å². The van der Waals surface area contributed by atoms with Crippen molar-refractivity contribution in [3.05, 3.63) is 35.2 Å². The van der Waals surface area contributed by atoms with E-state index in [0.717, 1.165) is 19.3 Å². The van der Waals surface area contributed by atoms with Gasteiger partial charge in [0.15, 0.2) is 0 Å². The summed E-state index contributed by atoms with van der Waals surface area (Å²) in [6.45, 7) is 0. The first-order valence-electron chi connectivity index (χ1n) is 5.72. The molecular weight excluding hydrogens is 228 g/mol. The predicted molar refractivity (Wildman–Crippen MR) is 74.6 cm³/mol. The highest BCUT2D eigenvalue weighted by Gasteiger charge is 2.13. The lowest BCUT2D eigenvalue weighted by molar-refractivity contribution is 0.506. The van der Waals surface area contributed by atoms with Crippen molar-refractivity contribution >= 4 is 21.4 Å². The molecule has 0 fully saturated rings. The lowest BCUT2D eigenvalue weighted by atomic mass is 10.0. The molecule has 1 aromatic heterocycles. The first-order valence-corrected chi connectivity index (χ1v) is 6.60. The van der Waals surface area contributed by atoms with Gasteiger partial charge in [0, 0.05) is 17.2 Å². The molecule has 0 aliphatic carbocycles. The molecule has 2 nitrogen and oxygen atoms in total. The number of hydrogen-bond donors (Lipinski definition) is 2. The fourth-order valence-corrected chi connectivity index (χ4v) is 3.02. The second kappa shape index (κ2) is 5.83. The van der Waals surface area contributed by atoms with Crippen molar-refractivity contribution < 1.29 is 0 Å². The predicted octanol–water partition coefficient (Wildman–Crippen LogP) is 3.21. The van der Waals surface area contributed by atoms with Crippen LogP contribution in [0.15, 0.2) is 29.6 Å². The van der Waals surface area contributed by atoms with E-state index in [2.05, 4.69) is 41.0 Å². The minimum Gasteiger partial charge on any atom is -0.271 e. The quantitative estimate of drug-likeness (QED) is 0.367. The van der Waals surface area contributed by atoms with Crippen molar-refractivity contribution in [2.45, 2.75) is 25.3 Å². The molecule has 3 heteroatoms. The van der Waals surface area contributed by atoms with Crippen LogP contribution in [0.1, 0.15) is 30.9 Å². The van der Waals surface area contributed by atoms with Crippen molar-refractivity contribution in [1.82, 2.24) is 5.43 Å². The number of rotatable bonds is 5. The number of terminal acetylenes is 1. The third kappa shape index (κ3) is 2.67. The Bertz CT molecular complexity index is 524. The third-order valence-corrected chi connectivity index (χ3v) is 3.88. The van der Waals surface area contributed by atoms with Crippen molar-refractivity contribution in [2.75, 3.05) is 0 Å². The molecule has 0 amide bonds. The third-order valence-electron chi connectivity index (χ3n) is 2.90. The molecule has 88 valence electrons. The molecule has 1 heterocycles. The van der Waals surface area contributed by atoms with Gasteiger partial charge in [0.05, 0.1) is 0 Å². The minimum absolute atomic E-state index is 0.194. The number of nitrogens with two attached hydrogens (primary N) is 1. The Balaban J connectivity index is 2.21. The van der Waals surface area contributed by atoms with Crippen LogP contribution in [0.4, 0.5) is 0 Å². The van der Waals surface area contributed by atoms with E-state index in [9.17, 15) is 0 Å². The number of unbranched alkanes of at least 4 members (excludes halogenated alkanes) is 1. The zero-order valence-electron chi connectivity index (χ0n) is 9.65. The van der Waals surface area contributed by atoms with E-state index < -0.39 is 0 Å². The number of nitrogens with one attached hydrogen (secondary N) is 1. The molecule has 0 saturated heterocycles. The summed E-state index contributed by atoms with van der Waals surface area (Å²) in [4.78, 5) is 0. The molecule has 3 N–H and O–H groups in total. The molecule has 1 aromatic carbocycles. The van der Waals surface area contributed by atoms with Gasteiger partial charge in [-0.3, -0.25) is 11.3 Å². The molecule has 0 aliphatic rings. The summed E-state index contributed by atoms with van der Waals surface area (Å²) in [5, 5.41) is 3.48. The molecule has 2 aromatic rings. The van der Waals surface area contributed by atoms with Gasteiger partial charge in [0.1, 0.15) is 0 Å². The van der Waals surface area contributed by atoms with Crippen LogP contribution in [-0.2, 0) is 0 Å². The number of thiophene rings is 1. The van der Waals surface area contributed by atoms with E-state index in [1.165, 1.54) is 15.6 Å². The molecule has 0 bridgehead atoms. The van der Waals surface area contributed by atoms with Crippen LogP contribution in [0.3, 0.4) is 0 Å². The maximum atomic E-state index is 5.64. The second-order valence-corrected chi connectivity index (χ2v) is 4.91. The highest BCUT2D eigenvalue weighted by Crippen LogP contribution is 2.31. The lowest BCUT2D eigenvalue weighted by Gasteiger charge is -2.14. The van der Waals surface area contributed by atoms with Gasteiger partial charge in [0.25, 0.3) is 0 Å². The van der Waals surface area contributed by atoms with Crippen LogP contribution in [0.25, 0.3) is 10.1 Å². The molecule has 0 spiro atoms. The smallest absolute Gasteiger partial charge is 0.0474 e. The summed E-state index contributed by atoms with van der Waals surface area (Å²) in [7, 11) is 0. The van der Waals surface area contributed by atoms with E-state index in [1.54, 1.807) is 11.3 Å². The molecule has 2 rings (SSSR count). The summed E-state index contributed by atoms with van der Waals surface area (Å²) in [6.07, 6.45) is 8.04. The standard InChI is InChI=1S/C14H16N2S/c1-2-3-4-8-13(16-15)12-10-17-14-9-6-5-7-11(12)14/h1,5-7,9-10,13,16H,3-4,8,15H2. The van der Waals surface area contributed by atoms with E-state index >= 15 is 0 Å². The van der Waals surface area contributed by atoms with Crippen molar-refractivity contribution in [3.63, 3.8) is 0 Å². The lowest BCUT2D eigenvalue weighted by Crippen LogP contribution is -2.27. The maximum absolute atomic E-state index is 5.64. The number of hydrogen-bond acceptors (Lipinski definition) is 3. The summed E-state index contributed by atoms with van der Waals surface area (Å²) in [5.74, 6) is 8.30. The van der Waals surface area contributed by atoms with Gasteiger partial charge in [-0.15, -0.1) is 23.7 Å². The van der Waals surface area contributed by atoms with Gasteiger partial charge >= 0.3 is 0 Å². The zero-order valence-corrected chi connectivity index (χ0v) is 10.5. The Morgan fingerprint density at radius 2 is 2.24 bits per heavy atom. The molecule has 0 saturated carbocycles. The number of benzene rings is 1. The van der Waals surface area contributed by atoms with E-state index in [4.69, 9.17) is 12.3 Å². The van der Waals surface area contributed by atoms with Crippen LogP contribution in [0.5, 0.6) is 0 Å². The van der Waals surface area contributed by atoms with E-state index in [0.29, 0.717) is 0 Å². The summed E-state index contributed by atoms with van der Waals surface area (Å²) < 4.78 is 1.31. The summed E-state index contributed by atoms with van der Waals surface area (Å²) in [5.41, 5.74) is 4.18. The van der Waals surface area contributed by atoms with Crippen molar-refractivity contribution in [1.29, 1.82) is 0 Å². The fraction of sp³-hybridized carbons (Fsp3) is 0.286. The Labute approximate surface area is 106 Å². The summed E-state index contributed by atoms with van der Waals surface area (Å²) >= 11 is 1.76. The van der Waals surface area contributed by atoms with Crippen LogP contribution >= 0.6 is 11.3 Å². The summed E-state index contributed by atoms with van der Waals surface area (Å²) in [6, 6.07) is 8.60. The average Bonchev–Trinajstić information content (AvgIpc) is 2.79. The fourth-order valence-electron chi connectivity index (χ4n) is 2.01. The highest BCUT2D eigenvalue weighted by molar-refractivity contribution is 7.17. The largest absolute Gasteiger partial charge is 0.271 e. The van der Waals surface area contributed by atoms with Gasteiger partial charge in [-0.1, -0.05) is 18.2 Å². The van der Waals surface area contributed by atoms with Gasteiger partial charge in [0.2, 0.25) is 0 Å². The van der Waals surface area contributed by atoms with Gasteiger partial charge < -0.3 is 0 Å². The maximum Gasteiger partial charge on any atom is 0.0474 e. The van der Waals surface area contributed by atoms with Crippen LogP contribution in [-0.4, -0.2) is 0 Å². The molecule has 0 aliphatic heterocycles. The normalized spacial score (nSPS) is 12.5. The molecule has 1 unspecified atom stereocenters. The van der Waals surface area contributed by atoms with Crippen molar-refractivity contribution in [2.24, 2.45) is 5.84 Å². The SMILES string of the molecule is C#CCCCC(NN)c1csc2ccccc12. The van der Waals surface area contributed by atoms with Gasteiger partial charge in [-0.25, -0.2) is 0 Å². The molecule has 1 atom stereocenters. The number of fused-ring (bicyclic) bond motifs is 1. The zero-order chi connectivity index (χ0) is 12.1. The monoisotopic (exact) mass is 244 g/mol. The topological polar surface area (TPSA) is 38.0 Å². The van der Waals surface area contributed by atoms with Gasteiger partial charge in [-0.05, 0) is 35.2 Å².